The lowest BCUT2D eigenvalue weighted by Gasteiger charge is -2.46. The second-order valence-electron chi connectivity index (χ2n) is 14.3. The van der Waals surface area contributed by atoms with E-state index < -0.39 is 0 Å². The number of nitrogens with one attached hydrogen (secondary N) is 1. The van der Waals surface area contributed by atoms with Crippen LogP contribution >= 0.6 is 23.5 Å². The zero-order valence-corrected chi connectivity index (χ0v) is 30.5. The largest absolute Gasteiger partial charge is 0.355 e. The molecule has 0 bridgehead atoms. The number of hydrogen-bond donors (Lipinski definition) is 1. The highest BCUT2D eigenvalue weighted by molar-refractivity contribution is 8.05. The first-order valence-electron chi connectivity index (χ1n) is 17.6. The van der Waals surface area contributed by atoms with Crippen molar-refractivity contribution >= 4 is 70.2 Å². The second-order valence-corrected chi connectivity index (χ2v) is 16.5. The minimum atomic E-state index is -0.108. The Morgan fingerprint density at radius 1 is 0.569 bits per heavy atom. The number of benzene rings is 7. The molecular formula is C46H35BN2S2. The maximum atomic E-state index is 3.88. The Morgan fingerprint density at radius 3 is 2.06 bits per heavy atom. The first-order valence-corrected chi connectivity index (χ1v) is 19.3. The molecule has 0 saturated carbocycles. The summed E-state index contributed by atoms with van der Waals surface area (Å²) in [5.74, 6) is 0. The van der Waals surface area contributed by atoms with Crippen LogP contribution in [0, 0.1) is 6.92 Å². The second kappa shape index (κ2) is 11.7. The lowest BCUT2D eigenvalue weighted by molar-refractivity contribution is 0.632. The van der Waals surface area contributed by atoms with Crippen molar-refractivity contribution in [1.29, 1.82) is 0 Å². The summed E-state index contributed by atoms with van der Waals surface area (Å²) in [6.07, 6.45) is 0. The van der Waals surface area contributed by atoms with Gasteiger partial charge in [-0.15, -0.1) is 0 Å². The van der Waals surface area contributed by atoms with E-state index in [2.05, 4.69) is 177 Å². The summed E-state index contributed by atoms with van der Waals surface area (Å²) in [7, 11) is 0.864. The van der Waals surface area contributed by atoms with Crippen molar-refractivity contribution in [2.24, 2.45) is 0 Å². The van der Waals surface area contributed by atoms with Crippen LogP contribution in [-0.4, -0.2) is 7.28 Å². The van der Waals surface area contributed by atoms with E-state index in [0.717, 1.165) is 18.7 Å². The van der Waals surface area contributed by atoms with Gasteiger partial charge in [-0.2, -0.15) is 0 Å². The maximum Gasteiger partial charge on any atom is 0.198 e. The Balaban J connectivity index is 1.27. The summed E-state index contributed by atoms with van der Waals surface area (Å²) >= 11 is 3.75. The molecule has 10 rings (SSSR count). The highest BCUT2D eigenvalue weighted by Crippen LogP contribution is 2.54. The topological polar surface area (TPSA) is 15.3 Å². The molecule has 0 aliphatic carbocycles. The predicted octanol–water partition coefficient (Wildman–Crippen LogP) is 11.5. The van der Waals surface area contributed by atoms with E-state index in [-0.39, 0.29) is 5.41 Å². The Kier molecular flexibility index (Phi) is 7.06. The molecule has 0 radical (unpaired) electrons. The van der Waals surface area contributed by atoms with E-state index in [1.165, 1.54) is 86.5 Å². The molecule has 2 nitrogen and oxygen atoms in total. The van der Waals surface area contributed by atoms with Crippen molar-refractivity contribution < 1.29 is 0 Å². The Bertz CT molecular complexity index is 2540. The van der Waals surface area contributed by atoms with Crippen molar-refractivity contribution in [3.05, 3.63) is 162 Å². The van der Waals surface area contributed by atoms with Crippen LogP contribution in [0.1, 0.15) is 30.5 Å². The summed E-state index contributed by atoms with van der Waals surface area (Å²) in [4.78, 5) is 7.79. The summed E-state index contributed by atoms with van der Waals surface area (Å²) in [6, 6.07) is 53.9. The molecule has 0 aromatic heterocycles. The van der Waals surface area contributed by atoms with Gasteiger partial charge in [-0.1, -0.05) is 134 Å². The molecule has 0 amide bonds. The third-order valence-electron chi connectivity index (χ3n) is 10.8. The normalized spacial score (nSPS) is 14.3. The van der Waals surface area contributed by atoms with Gasteiger partial charge in [0.1, 0.15) is 0 Å². The number of aryl methyl sites for hydroxylation is 1. The molecule has 244 valence electrons. The molecule has 0 unspecified atom stereocenters. The van der Waals surface area contributed by atoms with E-state index in [1.807, 2.05) is 23.5 Å². The average molecular weight is 691 g/mol. The van der Waals surface area contributed by atoms with E-state index in [4.69, 9.17) is 0 Å². The molecule has 0 saturated heterocycles. The van der Waals surface area contributed by atoms with Crippen LogP contribution in [0.25, 0.3) is 22.3 Å². The van der Waals surface area contributed by atoms with Gasteiger partial charge in [0.25, 0.3) is 0 Å². The van der Waals surface area contributed by atoms with Gasteiger partial charge < -0.3 is 10.2 Å². The molecular weight excluding hydrogens is 655 g/mol. The van der Waals surface area contributed by atoms with E-state index in [9.17, 15) is 0 Å². The van der Waals surface area contributed by atoms with Crippen LogP contribution in [0.15, 0.2) is 165 Å². The molecule has 3 heterocycles. The van der Waals surface area contributed by atoms with Crippen molar-refractivity contribution in [1.82, 2.24) is 0 Å². The SMILES string of the molecule is Cc1ccccc1-c1cc(-c2cc3c(cc2Nc2ccccc2)Sc2ccccc2S3)c2c(c1)N1c3ccccc3C(C)(C)c3cccc(c31)B2. The fourth-order valence-electron chi connectivity index (χ4n) is 8.32. The lowest BCUT2D eigenvalue weighted by atomic mass is 9.55. The molecule has 7 aromatic rings. The molecule has 0 atom stereocenters. The monoisotopic (exact) mass is 690 g/mol. The van der Waals surface area contributed by atoms with Crippen LogP contribution in [0.2, 0.25) is 0 Å². The number of anilines is 5. The first kappa shape index (κ1) is 30.7. The average Bonchev–Trinajstić information content (AvgIpc) is 3.15. The summed E-state index contributed by atoms with van der Waals surface area (Å²) < 4.78 is 0. The van der Waals surface area contributed by atoms with Gasteiger partial charge in [0.2, 0.25) is 0 Å². The van der Waals surface area contributed by atoms with Crippen molar-refractivity contribution in [2.75, 3.05) is 10.2 Å². The molecule has 5 heteroatoms. The van der Waals surface area contributed by atoms with Gasteiger partial charge in [0.15, 0.2) is 7.28 Å². The zero-order valence-electron chi connectivity index (χ0n) is 28.8. The molecule has 3 aliphatic heterocycles. The van der Waals surface area contributed by atoms with Crippen LogP contribution in [0.5, 0.6) is 0 Å². The van der Waals surface area contributed by atoms with Gasteiger partial charge >= 0.3 is 0 Å². The smallest absolute Gasteiger partial charge is 0.198 e. The molecule has 0 fully saturated rings. The van der Waals surface area contributed by atoms with Crippen LogP contribution in [-0.2, 0) is 5.41 Å². The zero-order chi connectivity index (χ0) is 34.3. The van der Waals surface area contributed by atoms with Crippen molar-refractivity contribution in [3.8, 4) is 22.3 Å². The summed E-state index contributed by atoms with van der Waals surface area (Å²) in [5.41, 5.74) is 17.7. The Labute approximate surface area is 309 Å². The third kappa shape index (κ3) is 4.90. The highest BCUT2D eigenvalue weighted by atomic mass is 32.2. The van der Waals surface area contributed by atoms with Crippen LogP contribution in [0.3, 0.4) is 0 Å². The Hall–Kier alpha value is -5.10. The van der Waals surface area contributed by atoms with Gasteiger partial charge in [-0.05, 0) is 100 Å². The molecule has 0 spiro atoms. The molecule has 1 N–H and O–H groups in total. The predicted molar refractivity (Wildman–Crippen MR) is 220 cm³/mol. The van der Waals surface area contributed by atoms with E-state index in [1.54, 1.807) is 0 Å². The Morgan fingerprint density at radius 2 is 1.25 bits per heavy atom. The van der Waals surface area contributed by atoms with E-state index in [0.29, 0.717) is 0 Å². The number of fused-ring (bicyclic) bond motifs is 6. The van der Waals surface area contributed by atoms with Gasteiger partial charge in [0, 0.05) is 53.3 Å². The fourth-order valence-corrected chi connectivity index (χ4v) is 10.6. The molecule has 51 heavy (non-hydrogen) atoms. The van der Waals surface area contributed by atoms with Gasteiger partial charge in [-0.3, -0.25) is 0 Å². The minimum Gasteiger partial charge on any atom is -0.355 e. The number of hydrogen-bond acceptors (Lipinski definition) is 4. The summed E-state index contributed by atoms with van der Waals surface area (Å²) in [6.45, 7) is 6.99. The standard InChI is InChI=1S/C46H35BN2S2/c1-28-14-7-8-17-31(28)29-24-33(32-26-42-43(51-41-23-12-11-22-40(41)50-42)27-37(32)48-30-15-5-4-6-16-30)44-39(25-29)49-38-21-10-9-18-34(38)46(2,3)35-19-13-20-36(47-44)45(35)49/h4-27,47-48H,1-3H3. The minimum absolute atomic E-state index is 0.108. The first-order chi connectivity index (χ1) is 24.9. The highest BCUT2D eigenvalue weighted by Gasteiger charge is 2.41. The lowest BCUT2D eigenvalue weighted by Crippen LogP contribution is -2.45. The summed E-state index contributed by atoms with van der Waals surface area (Å²) in [5, 5.41) is 3.88. The van der Waals surface area contributed by atoms with Crippen molar-refractivity contribution in [2.45, 2.75) is 45.8 Å². The maximum absolute atomic E-state index is 3.88. The van der Waals surface area contributed by atoms with Gasteiger partial charge in [-0.25, -0.2) is 0 Å². The molecule has 7 aromatic carbocycles. The van der Waals surface area contributed by atoms with Gasteiger partial charge in [0.05, 0.1) is 5.69 Å². The number of para-hydroxylation sites is 3. The fraction of sp³-hybridized carbons (Fsp3) is 0.0870. The van der Waals surface area contributed by atoms with E-state index >= 15 is 0 Å². The third-order valence-corrected chi connectivity index (χ3v) is 13.4. The van der Waals surface area contributed by atoms with Crippen molar-refractivity contribution in [3.63, 3.8) is 0 Å². The molecule has 3 aliphatic rings. The number of nitrogens with zero attached hydrogens (tertiary/aromatic N) is 1. The number of rotatable bonds is 4. The van der Waals surface area contributed by atoms with Crippen LogP contribution in [0.4, 0.5) is 28.4 Å². The van der Waals surface area contributed by atoms with Crippen LogP contribution < -0.4 is 21.1 Å². The quantitative estimate of drug-likeness (QED) is 0.185.